The minimum Gasteiger partial charge on any atom is -0.461 e. The minimum atomic E-state index is -3.75. The van der Waals surface area contributed by atoms with Gasteiger partial charge in [-0.2, -0.15) is 0 Å². The van der Waals surface area contributed by atoms with E-state index < -0.39 is 50.7 Å². The smallest absolute Gasteiger partial charge is 0.338 e. The number of thiol groups is 1. The van der Waals surface area contributed by atoms with Crippen LogP contribution in [0.25, 0.3) is 0 Å². The van der Waals surface area contributed by atoms with Gasteiger partial charge in [-0.3, -0.25) is 14.4 Å². The molecular weight excluding hydrogens is 484 g/mol. The van der Waals surface area contributed by atoms with Gasteiger partial charge >= 0.3 is 11.9 Å². The van der Waals surface area contributed by atoms with E-state index in [1.165, 1.54) is 30.4 Å². The van der Waals surface area contributed by atoms with Gasteiger partial charge in [0.05, 0.1) is 22.2 Å². The molecular formula is C22H26N2O8S2. The Hall–Kier alpha value is -2.96. The minimum absolute atomic E-state index is 0.0347. The fourth-order valence-corrected chi connectivity index (χ4v) is 4.60. The number of carbonyl (C=O) groups is 4. The summed E-state index contributed by atoms with van der Waals surface area (Å²) < 4.78 is 34.3. The van der Waals surface area contributed by atoms with E-state index in [9.17, 15) is 27.6 Å². The van der Waals surface area contributed by atoms with Gasteiger partial charge in [0, 0.05) is 12.8 Å². The molecule has 2 rings (SSSR count). The highest BCUT2D eigenvalue weighted by Gasteiger charge is 2.41. The van der Waals surface area contributed by atoms with Crippen molar-refractivity contribution in [2.75, 3.05) is 31.3 Å². The summed E-state index contributed by atoms with van der Waals surface area (Å²) in [6, 6.07) is 2.85. The molecule has 0 aromatic heterocycles. The maximum Gasteiger partial charge on any atom is 0.338 e. The Balaban J connectivity index is 2.22. The van der Waals surface area contributed by atoms with Crippen LogP contribution in [0.1, 0.15) is 16.8 Å². The summed E-state index contributed by atoms with van der Waals surface area (Å²) >= 11 is 3.78. The Labute approximate surface area is 203 Å². The lowest BCUT2D eigenvalue weighted by molar-refractivity contribution is -0.151. The van der Waals surface area contributed by atoms with E-state index in [4.69, 9.17) is 9.47 Å². The van der Waals surface area contributed by atoms with Crippen molar-refractivity contribution in [3.63, 3.8) is 0 Å². The van der Waals surface area contributed by atoms with Crippen molar-refractivity contribution >= 4 is 51.1 Å². The van der Waals surface area contributed by atoms with E-state index >= 15 is 0 Å². The molecule has 1 heterocycles. The molecule has 1 aliphatic heterocycles. The number of hydrogen-bond donors (Lipinski definition) is 3. The zero-order chi connectivity index (χ0) is 25.5. The molecule has 0 radical (unpaired) electrons. The molecule has 1 fully saturated rings. The molecule has 1 aromatic carbocycles. The lowest BCUT2D eigenvalue weighted by atomic mass is 9.90. The Morgan fingerprint density at radius 3 is 2.44 bits per heavy atom. The first-order chi connectivity index (χ1) is 16.0. The molecule has 1 amide bonds. The van der Waals surface area contributed by atoms with Crippen LogP contribution < -0.4 is 10.6 Å². The predicted molar refractivity (Wildman–Crippen MR) is 127 cm³/mol. The van der Waals surface area contributed by atoms with E-state index in [0.29, 0.717) is 0 Å². The summed E-state index contributed by atoms with van der Waals surface area (Å²) in [7, 11) is -3.75. The van der Waals surface area contributed by atoms with Crippen LogP contribution in [0.2, 0.25) is 0 Å². The molecule has 3 atom stereocenters. The van der Waals surface area contributed by atoms with Gasteiger partial charge in [0.1, 0.15) is 19.1 Å². The van der Waals surface area contributed by atoms with E-state index in [1.807, 2.05) is 0 Å². The SMILES string of the molecule is C=CCOC(=O)c1ccc(S(C)(=O)=O)c(NC(=O)C2CC(C(C(=O)S)C(=O)OCC=C)CN2)c1. The average Bonchev–Trinajstić information content (AvgIpc) is 3.24. The number of benzene rings is 1. The zero-order valence-electron chi connectivity index (χ0n) is 18.5. The first kappa shape index (κ1) is 27.3. The first-order valence-electron chi connectivity index (χ1n) is 10.2. The number of anilines is 1. The third kappa shape index (κ3) is 7.02. The van der Waals surface area contributed by atoms with Gasteiger partial charge < -0.3 is 20.1 Å². The number of rotatable bonds is 11. The summed E-state index contributed by atoms with van der Waals surface area (Å²) in [5.41, 5.74) is -0.0643. The topological polar surface area (TPSA) is 145 Å². The second kappa shape index (κ2) is 12.0. The molecule has 0 spiro atoms. The molecule has 2 N–H and O–H groups in total. The van der Waals surface area contributed by atoms with Crippen molar-refractivity contribution in [2.24, 2.45) is 11.8 Å². The van der Waals surface area contributed by atoms with Crippen LogP contribution >= 0.6 is 12.6 Å². The normalized spacial score (nSPS) is 18.4. The number of sulfone groups is 1. The van der Waals surface area contributed by atoms with E-state index in [-0.39, 0.29) is 42.3 Å². The number of ether oxygens (including phenoxy) is 2. The molecule has 12 heteroatoms. The third-order valence-electron chi connectivity index (χ3n) is 5.02. The van der Waals surface area contributed by atoms with Crippen LogP contribution in [-0.2, 0) is 33.7 Å². The van der Waals surface area contributed by atoms with Gasteiger partial charge in [0.2, 0.25) is 5.91 Å². The van der Waals surface area contributed by atoms with Gasteiger partial charge in [0.25, 0.3) is 0 Å². The first-order valence-corrected chi connectivity index (χ1v) is 12.5. The van der Waals surface area contributed by atoms with Crippen molar-refractivity contribution in [2.45, 2.75) is 17.4 Å². The molecule has 1 saturated heterocycles. The molecule has 10 nitrogen and oxygen atoms in total. The highest BCUT2D eigenvalue weighted by Crippen LogP contribution is 2.28. The van der Waals surface area contributed by atoms with Gasteiger partial charge in [-0.05, 0) is 30.5 Å². The maximum atomic E-state index is 12.9. The van der Waals surface area contributed by atoms with Crippen LogP contribution in [0.15, 0.2) is 48.4 Å². The Morgan fingerprint density at radius 1 is 1.21 bits per heavy atom. The van der Waals surface area contributed by atoms with Crippen molar-refractivity contribution in [3.8, 4) is 0 Å². The Bertz CT molecular complexity index is 1100. The summed E-state index contributed by atoms with van der Waals surface area (Å²) in [6.07, 6.45) is 3.81. The van der Waals surface area contributed by atoms with Gasteiger partial charge in [0.15, 0.2) is 15.0 Å². The lowest BCUT2D eigenvalue weighted by Crippen LogP contribution is -2.35. The zero-order valence-corrected chi connectivity index (χ0v) is 20.2. The molecule has 0 aliphatic carbocycles. The number of amides is 1. The van der Waals surface area contributed by atoms with Gasteiger partial charge in [-0.1, -0.05) is 25.3 Å². The van der Waals surface area contributed by atoms with Crippen LogP contribution in [-0.4, -0.2) is 63.4 Å². The number of esters is 2. The van der Waals surface area contributed by atoms with Crippen molar-refractivity contribution in [1.29, 1.82) is 0 Å². The third-order valence-corrected chi connectivity index (χ3v) is 6.45. The standard InChI is InChI=1S/C22H26N2O8S2/c1-4-8-31-20(26)13-6-7-17(34(3,29)30)15(10-13)24-19(25)16-11-14(12-23-16)18(22(28)33)21(27)32-9-5-2/h4-7,10,14,16,18,23H,1-2,8-9,11-12H2,3H3,(H,24,25)(H,28,33). The van der Waals surface area contributed by atoms with Crippen LogP contribution in [0.4, 0.5) is 5.69 Å². The van der Waals surface area contributed by atoms with Crippen molar-refractivity contribution < 1.29 is 37.1 Å². The average molecular weight is 511 g/mol. The summed E-state index contributed by atoms with van der Waals surface area (Å²) in [6.45, 7) is 6.94. The highest BCUT2D eigenvalue weighted by atomic mass is 32.2. The van der Waals surface area contributed by atoms with E-state index in [1.54, 1.807) is 0 Å². The summed E-state index contributed by atoms with van der Waals surface area (Å²) in [5, 5.41) is 4.75. The lowest BCUT2D eigenvalue weighted by Gasteiger charge is -2.18. The molecule has 3 unspecified atom stereocenters. The molecule has 1 aliphatic rings. The van der Waals surface area contributed by atoms with Crippen molar-refractivity contribution in [1.82, 2.24) is 5.32 Å². The van der Waals surface area contributed by atoms with Crippen molar-refractivity contribution in [3.05, 3.63) is 49.1 Å². The monoisotopic (exact) mass is 510 g/mol. The Kier molecular flexibility index (Phi) is 9.59. The quantitative estimate of drug-likeness (QED) is 0.173. The van der Waals surface area contributed by atoms with E-state index in [0.717, 1.165) is 6.26 Å². The second-order valence-electron chi connectivity index (χ2n) is 7.55. The highest BCUT2D eigenvalue weighted by molar-refractivity contribution is 7.96. The maximum absolute atomic E-state index is 12.9. The largest absolute Gasteiger partial charge is 0.461 e. The number of hydrogen-bond acceptors (Lipinski definition) is 9. The Morgan fingerprint density at radius 2 is 1.85 bits per heavy atom. The van der Waals surface area contributed by atoms with Gasteiger partial charge in [-0.25, -0.2) is 13.2 Å². The molecule has 34 heavy (non-hydrogen) atoms. The predicted octanol–water partition coefficient (Wildman–Crippen LogP) is 1.15. The second-order valence-corrected chi connectivity index (χ2v) is 9.98. The summed E-state index contributed by atoms with van der Waals surface area (Å²) in [4.78, 5) is 49.0. The van der Waals surface area contributed by atoms with Crippen LogP contribution in [0.5, 0.6) is 0 Å². The molecule has 184 valence electrons. The number of carbonyl (C=O) groups excluding carboxylic acids is 4. The van der Waals surface area contributed by atoms with Crippen LogP contribution in [0, 0.1) is 11.8 Å². The fourth-order valence-electron chi connectivity index (χ4n) is 3.46. The molecule has 0 bridgehead atoms. The summed E-state index contributed by atoms with van der Waals surface area (Å²) in [5.74, 6) is -3.83. The molecule has 1 aromatic rings. The molecule has 0 saturated carbocycles. The van der Waals surface area contributed by atoms with E-state index in [2.05, 4.69) is 36.4 Å². The fraction of sp³-hybridized carbons (Fsp3) is 0.364. The van der Waals surface area contributed by atoms with Crippen LogP contribution in [0.3, 0.4) is 0 Å². The van der Waals surface area contributed by atoms with Gasteiger partial charge in [-0.15, -0.1) is 12.6 Å². The number of nitrogens with one attached hydrogen (secondary N) is 2.